The molecule has 1 aromatic heterocycles. The van der Waals surface area contributed by atoms with Gasteiger partial charge in [0.1, 0.15) is 5.82 Å². The minimum Gasteiger partial charge on any atom is -0.334 e. The molecule has 1 saturated carbocycles. The maximum atomic E-state index is 12.7. The van der Waals surface area contributed by atoms with Crippen LogP contribution in [0.4, 0.5) is 8.78 Å². The first-order valence-corrected chi connectivity index (χ1v) is 4.65. The Labute approximate surface area is 80.9 Å². The number of aromatic nitrogens is 2. The zero-order valence-corrected chi connectivity index (χ0v) is 8.00. The molecule has 1 heterocycles. The van der Waals surface area contributed by atoms with Crippen LogP contribution in [0.1, 0.15) is 25.6 Å². The molecular formula is C9H13F2N3. The van der Waals surface area contributed by atoms with E-state index in [9.17, 15) is 8.78 Å². The van der Waals surface area contributed by atoms with Crippen LogP contribution in [0.25, 0.3) is 0 Å². The van der Waals surface area contributed by atoms with Gasteiger partial charge in [-0.05, 0) is 6.92 Å². The van der Waals surface area contributed by atoms with Gasteiger partial charge in [0.2, 0.25) is 0 Å². The van der Waals surface area contributed by atoms with Crippen LogP contribution in [0.5, 0.6) is 0 Å². The van der Waals surface area contributed by atoms with Crippen molar-refractivity contribution in [3.05, 3.63) is 18.2 Å². The van der Waals surface area contributed by atoms with E-state index in [2.05, 4.69) is 4.98 Å². The van der Waals surface area contributed by atoms with E-state index in [1.807, 2.05) is 11.5 Å². The van der Waals surface area contributed by atoms with Gasteiger partial charge in [-0.25, -0.2) is 13.8 Å². The van der Waals surface area contributed by atoms with Gasteiger partial charge in [-0.2, -0.15) is 0 Å². The van der Waals surface area contributed by atoms with Crippen LogP contribution >= 0.6 is 0 Å². The Kier molecular flexibility index (Phi) is 1.89. The van der Waals surface area contributed by atoms with Gasteiger partial charge in [-0.1, -0.05) is 0 Å². The molecule has 1 aliphatic rings. The normalized spacial score (nSPS) is 23.1. The predicted octanol–water partition coefficient (Wildman–Crippen LogP) is 1.49. The van der Waals surface area contributed by atoms with Crippen LogP contribution in [0.3, 0.4) is 0 Å². The Hall–Kier alpha value is -0.970. The highest BCUT2D eigenvalue weighted by Crippen LogP contribution is 2.49. The summed E-state index contributed by atoms with van der Waals surface area (Å²) in [6.45, 7) is 2.64. The lowest BCUT2D eigenvalue weighted by Gasteiger charge is -2.43. The molecule has 2 rings (SSSR count). The average Bonchev–Trinajstić information content (AvgIpc) is 2.47. The Balaban J connectivity index is 2.24. The summed E-state index contributed by atoms with van der Waals surface area (Å²) >= 11 is 0. The minimum atomic E-state index is -2.61. The molecule has 0 amide bonds. The fourth-order valence-electron chi connectivity index (χ4n) is 2.03. The zero-order chi connectivity index (χ0) is 10.4. The van der Waals surface area contributed by atoms with E-state index in [4.69, 9.17) is 5.73 Å². The number of aryl methyl sites for hydroxylation is 1. The molecule has 1 aromatic rings. The molecule has 0 aromatic carbocycles. The van der Waals surface area contributed by atoms with Crippen LogP contribution in [-0.2, 0) is 12.1 Å². The molecular weight excluding hydrogens is 188 g/mol. The van der Waals surface area contributed by atoms with Crippen molar-refractivity contribution in [2.45, 2.75) is 37.8 Å². The van der Waals surface area contributed by atoms with E-state index in [0.717, 1.165) is 0 Å². The Morgan fingerprint density at radius 2 is 2.21 bits per heavy atom. The lowest BCUT2D eigenvalue weighted by molar-refractivity contribution is -0.128. The molecule has 0 spiro atoms. The van der Waals surface area contributed by atoms with E-state index in [1.54, 1.807) is 12.4 Å². The Morgan fingerprint density at radius 3 is 2.71 bits per heavy atom. The van der Waals surface area contributed by atoms with E-state index >= 15 is 0 Å². The maximum absolute atomic E-state index is 12.7. The molecule has 78 valence electrons. The summed E-state index contributed by atoms with van der Waals surface area (Å²) < 4.78 is 27.3. The number of alkyl halides is 2. The summed E-state index contributed by atoms with van der Waals surface area (Å²) in [5.41, 5.74) is 4.93. The largest absolute Gasteiger partial charge is 0.334 e. The van der Waals surface area contributed by atoms with Gasteiger partial charge in [-0.15, -0.1) is 0 Å². The quantitative estimate of drug-likeness (QED) is 0.787. The highest BCUT2D eigenvalue weighted by atomic mass is 19.3. The van der Waals surface area contributed by atoms with Crippen LogP contribution in [0.2, 0.25) is 0 Å². The summed E-state index contributed by atoms with van der Waals surface area (Å²) in [6.07, 6.45) is 2.78. The van der Waals surface area contributed by atoms with Crippen molar-refractivity contribution in [1.29, 1.82) is 0 Å². The molecule has 1 fully saturated rings. The molecule has 0 aliphatic heterocycles. The van der Waals surface area contributed by atoms with Crippen molar-refractivity contribution in [3.63, 3.8) is 0 Å². The van der Waals surface area contributed by atoms with Crippen molar-refractivity contribution in [2.24, 2.45) is 5.73 Å². The van der Waals surface area contributed by atoms with Gasteiger partial charge in [0.15, 0.2) is 0 Å². The number of hydrogen-bond acceptors (Lipinski definition) is 2. The molecule has 0 atom stereocenters. The van der Waals surface area contributed by atoms with Crippen LogP contribution < -0.4 is 5.73 Å². The fraction of sp³-hybridized carbons (Fsp3) is 0.667. The predicted molar refractivity (Wildman–Crippen MR) is 47.9 cm³/mol. The third-order valence-electron chi connectivity index (χ3n) is 2.65. The number of nitrogens with zero attached hydrogens (tertiary/aromatic N) is 2. The Morgan fingerprint density at radius 1 is 1.57 bits per heavy atom. The van der Waals surface area contributed by atoms with Gasteiger partial charge in [0, 0.05) is 31.8 Å². The third kappa shape index (κ3) is 1.32. The van der Waals surface area contributed by atoms with Crippen LogP contribution in [-0.4, -0.2) is 15.5 Å². The second-order valence-corrected chi connectivity index (χ2v) is 3.90. The number of hydrogen-bond donors (Lipinski definition) is 1. The van der Waals surface area contributed by atoms with E-state index < -0.39 is 11.5 Å². The third-order valence-corrected chi connectivity index (χ3v) is 2.65. The second kappa shape index (κ2) is 2.76. The van der Waals surface area contributed by atoms with Gasteiger partial charge in [0.05, 0.1) is 5.54 Å². The van der Waals surface area contributed by atoms with Gasteiger partial charge < -0.3 is 10.3 Å². The van der Waals surface area contributed by atoms with Gasteiger partial charge in [0.25, 0.3) is 5.92 Å². The van der Waals surface area contributed by atoms with E-state index in [0.29, 0.717) is 12.4 Å². The smallest absolute Gasteiger partial charge is 0.252 e. The van der Waals surface area contributed by atoms with Crippen molar-refractivity contribution < 1.29 is 8.78 Å². The number of rotatable bonds is 2. The summed E-state index contributed by atoms with van der Waals surface area (Å²) in [7, 11) is 0. The van der Waals surface area contributed by atoms with E-state index in [1.165, 1.54) is 0 Å². The van der Waals surface area contributed by atoms with Crippen molar-refractivity contribution >= 4 is 0 Å². The lowest BCUT2D eigenvalue weighted by atomic mass is 9.73. The standard InChI is InChI=1S/C9H13F2N3/c1-2-14-4-3-13-7(14)8(12)5-9(10,11)6-8/h3-4H,2,5-6,12H2,1H3. The van der Waals surface area contributed by atoms with Crippen molar-refractivity contribution in [2.75, 3.05) is 0 Å². The van der Waals surface area contributed by atoms with Crippen molar-refractivity contribution in [3.8, 4) is 0 Å². The highest BCUT2D eigenvalue weighted by molar-refractivity contribution is 5.16. The molecule has 3 nitrogen and oxygen atoms in total. The topological polar surface area (TPSA) is 43.8 Å². The molecule has 2 N–H and O–H groups in total. The average molecular weight is 201 g/mol. The van der Waals surface area contributed by atoms with Crippen LogP contribution in [0, 0.1) is 0 Å². The van der Waals surface area contributed by atoms with Crippen molar-refractivity contribution in [1.82, 2.24) is 9.55 Å². The number of halogens is 2. The highest BCUT2D eigenvalue weighted by Gasteiger charge is 2.57. The van der Waals surface area contributed by atoms with Gasteiger partial charge >= 0.3 is 0 Å². The molecule has 5 heteroatoms. The minimum absolute atomic E-state index is 0.295. The molecule has 0 saturated heterocycles. The first kappa shape index (κ1) is 9.58. The lowest BCUT2D eigenvalue weighted by Crippen LogP contribution is -2.56. The first-order chi connectivity index (χ1) is 6.47. The van der Waals surface area contributed by atoms with Gasteiger partial charge in [-0.3, -0.25) is 0 Å². The number of imidazole rings is 1. The zero-order valence-electron chi connectivity index (χ0n) is 8.00. The Bertz CT molecular complexity index is 338. The van der Waals surface area contributed by atoms with E-state index in [-0.39, 0.29) is 12.8 Å². The molecule has 1 aliphatic carbocycles. The summed E-state index contributed by atoms with van der Waals surface area (Å²) in [5.74, 6) is -2.04. The molecule has 0 bridgehead atoms. The fourth-order valence-corrected chi connectivity index (χ4v) is 2.03. The second-order valence-electron chi connectivity index (χ2n) is 3.90. The summed E-state index contributed by atoms with van der Waals surface area (Å²) in [4.78, 5) is 4.05. The van der Waals surface area contributed by atoms with Crippen LogP contribution in [0.15, 0.2) is 12.4 Å². The maximum Gasteiger partial charge on any atom is 0.252 e. The SMILES string of the molecule is CCn1ccnc1C1(N)CC(F)(F)C1. The molecule has 0 radical (unpaired) electrons. The molecule has 0 unspecified atom stereocenters. The number of nitrogens with two attached hydrogens (primary N) is 1. The summed E-state index contributed by atoms with van der Waals surface area (Å²) in [6, 6.07) is 0. The first-order valence-electron chi connectivity index (χ1n) is 4.65. The molecule has 14 heavy (non-hydrogen) atoms. The monoisotopic (exact) mass is 201 g/mol. The summed E-state index contributed by atoms with van der Waals surface area (Å²) in [5, 5.41) is 0.